The molecule has 0 aliphatic rings. The summed E-state index contributed by atoms with van der Waals surface area (Å²) in [5.41, 5.74) is 0.0107. The van der Waals surface area contributed by atoms with Gasteiger partial charge in [0.2, 0.25) is 0 Å². The number of para-hydroxylation sites is 1. The van der Waals surface area contributed by atoms with Crippen molar-refractivity contribution in [1.29, 1.82) is 0 Å². The Morgan fingerprint density at radius 3 is 2.58 bits per heavy atom. The summed E-state index contributed by atoms with van der Waals surface area (Å²) in [5.74, 6) is 0.586. The van der Waals surface area contributed by atoms with Crippen LogP contribution >= 0.6 is 0 Å². The maximum atomic E-state index is 12.8. The zero-order valence-corrected chi connectivity index (χ0v) is 10.2. The van der Waals surface area contributed by atoms with Crippen LogP contribution in [0.5, 0.6) is 0 Å². The van der Waals surface area contributed by atoms with Crippen LogP contribution in [0.4, 0.5) is 18.9 Å². The van der Waals surface area contributed by atoms with Crippen molar-refractivity contribution in [1.82, 2.24) is 9.97 Å². The van der Waals surface area contributed by atoms with Gasteiger partial charge in [-0.3, -0.25) is 0 Å². The molecule has 2 aromatic rings. The van der Waals surface area contributed by atoms with E-state index in [1.807, 2.05) is 0 Å². The SMILES string of the molecule is Cc1nccc(CNc2ccccc2C(F)(F)F)n1. The third-order valence-electron chi connectivity index (χ3n) is 2.53. The minimum absolute atomic E-state index is 0.0475. The van der Waals surface area contributed by atoms with Crippen molar-refractivity contribution in [3.05, 3.63) is 53.6 Å². The third kappa shape index (κ3) is 3.43. The average molecular weight is 267 g/mol. The number of halogens is 3. The Balaban J connectivity index is 2.16. The number of alkyl halides is 3. The zero-order valence-electron chi connectivity index (χ0n) is 10.2. The quantitative estimate of drug-likeness (QED) is 0.926. The van der Waals surface area contributed by atoms with Crippen molar-refractivity contribution in [3.8, 4) is 0 Å². The molecule has 0 aliphatic heterocycles. The molecule has 0 amide bonds. The normalized spacial score (nSPS) is 11.4. The van der Waals surface area contributed by atoms with E-state index in [-0.39, 0.29) is 12.2 Å². The molecular formula is C13H12F3N3. The predicted molar refractivity (Wildman–Crippen MR) is 65.5 cm³/mol. The number of aromatic nitrogens is 2. The zero-order chi connectivity index (χ0) is 13.9. The molecule has 3 nitrogen and oxygen atoms in total. The van der Waals surface area contributed by atoms with Crippen LogP contribution in [0.3, 0.4) is 0 Å². The van der Waals surface area contributed by atoms with Gasteiger partial charge >= 0.3 is 6.18 Å². The number of nitrogens with one attached hydrogen (secondary N) is 1. The molecule has 2 rings (SSSR count). The number of aryl methyl sites for hydroxylation is 1. The van der Waals surface area contributed by atoms with Crippen LogP contribution in [0.15, 0.2) is 36.5 Å². The largest absolute Gasteiger partial charge is 0.418 e. The second-order valence-electron chi connectivity index (χ2n) is 3.99. The Kier molecular flexibility index (Phi) is 3.69. The van der Waals surface area contributed by atoms with Crippen molar-refractivity contribution < 1.29 is 13.2 Å². The second-order valence-corrected chi connectivity index (χ2v) is 3.99. The fourth-order valence-electron chi connectivity index (χ4n) is 1.67. The van der Waals surface area contributed by atoms with Crippen molar-refractivity contribution in [2.24, 2.45) is 0 Å². The van der Waals surface area contributed by atoms with Crippen molar-refractivity contribution in [3.63, 3.8) is 0 Å². The Bertz CT molecular complexity index is 567. The molecule has 0 fully saturated rings. The summed E-state index contributed by atoms with van der Waals surface area (Å²) in [6.45, 7) is 1.95. The van der Waals surface area contributed by atoms with Gasteiger partial charge in [-0.2, -0.15) is 13.2 Å². The third-order valence-corrected chi connectivity index (χ3v) is 2.53. The van der Waals surface area contributed by atoms with Crippen LogP contribution in [0, 0.1) is 6.92 Å². The Morgan fingerprint density at radius 1 is 1.16 bits per heavy atom. The van der Waals surface area contributed by atoms with Gasteiger partial charge in [-0.05, 0) is 25.1 Å². The first-order chi connectivity index (χ1) is 8.97. The van der Waals surface area contributed by atoms with Crippen LogP contribution in [0.2, 0.25) is 0 Å². The maximum Gasteiger partial charge on any atom is 0.418 e. The van der Waals surface area contributed by atoms with Gasteiger partial charge in [0.15, 0.2) is 0 Å². The number of hydrogen-bond donors (Lipinski definition) is 1. The molecule has 0 radical (unpaired) electrons. The lowest BCUT2D eigenvalue weighted by molar-refractivity contribution is -0.136. The maximum absolute atomic E-state index is 12.8. The van der Waals surface area contributed by atoms with Gasteiger partial charge in [0.25, 0.3) is 0 Å². The van der Waals surface area contributed by atoms with Crippen molar-refractivity contribution in [2.45, 2.75) is 19.6 Å². The molecule has 0 atom stereocenters. The Hall–Kier alpha value is -2.11. The molecule has 0 unspecified atom stereocenters. The molecule has 6 heteroatoms. The molecule has 1 N–H and O–H groups in total. The van der Waals surface area contributed by atoms with Crippen molar-refractivity contribution >= 4 is 5.69 Å². The van der Waals surface area contributed by atoms with E-state index in [2.05, 4.69) is 15.3 Å². The minimum atomic E-state index is -4.37. The summed E-state index contributed by atoms with van der Waals surface area (Å²) >= 11 is 0. The first kappa shape index (κ1) is 13.3. The number of hydrogen-bond acceptors (Lipinski definition) is 3. The monoisotopic (exact) mass is 267 g/mol. The van der Waals surface area contributed by atoms with Crippen LogP contribution < -0.4 is 5.32 Å². The predicted octanol–water partition coefficient (Wildman–Crippen LogP) is 3.42. The standard InChI is InChI=1S/C13H12F3N3/c1-9-17-7-6-10(19-9)8-18-12-5-3-2-4-11(12)13(14,15)16/h2-7,18H,8H2,1H3. The molecule has 0 bridgehead atoms. The smallest absolute Gasteiger partial charge is 0.379 e. The van der Waals surface area contributed by atoms with Gasteiger partial charge in [-0.15, -0.1) is 0 Å². The fourth-order valence-corrected chi connectivity index (χ4v) is 1.67. The highest BCUT2D eigenvalue weighted by molar-refractivity contribution is 5.52. The van der Waals surface area contributed by atoms with E-state index in [9.17, 15) is 13.2 Å². The number of rotatable bonds is 3. The Labute approximate surface area is 108 Å². The summed E-state index contributed by atoms with van der Waals surface area (Å²) < 4.78 is 38.3. The van der Waals surface area contributed by atoms with E-state index in [0.29, 0.717) is 11.5 Å². The van der Waals surface area contributed by atoms with Gasteiger partial charge in [0.05, 0.1) is 17.8 Å². The first-order valence-electron chi connectivity index (χ1n) is 5.65. The number of benzene rings is 1. The summed E-state index contributed by atoms with van der Waals surface area (Å²) in [7, 11) is 0. The molecule has 0 spiro atoms. The van der Waals surface area contributed by atoms with E-state index in [0.717, 1.165) is 6.07 Å². The minimum Gasteiger partial charge on any atom is -0.379 e. The first-order valence-corrected chi connectivity index (χ1v) is 5.65. The summed E-state index contributed by atoms with van der Waals surface area (Å²) in [6.07, 6.45) is -2.79. The number of anilines is 1. The molecule has 1 aromatic heterocycles. The van der Waals surface area contributed by atoms with Gasteiger partial charge in [-0.25, -0.2) is 9.97 Å². The van der Waals surface area contributed by atoms with E-state index in [1.54, 1.807) is 25.3 Å². The Morgan fingerprint density at radius 2 is 1.89 bits per heavy atom. The molecule has 0 aliphatic carbocycles. The van der Waals surface area contributed by atoms with Gasteiger partial charge in [0, 0.05) is 11.9 Å². The summed E-state index contributed by atoms with van der Waals surface area (Å²) in [5, 5.41) is 2.75. The number of nitrogens with zero attached hydrogens (tertiary/aromatic N) is 2. The van der Waals surface area contributed by atoms with Crippen LogP contribution in [-0.4, -0.2) is 9.97 Å². The van der Waals surface area contributed by atoms with Gasteiger partial charge in [0.1, 0.15) is 5.82 Å². The fraction of sp³-hybridized carbons (Fsp3) is 0.231. The van der Waals surface area contributed by atoms with Gasteiger partial charge in [-0.1, -0.05) is 12.1 Å². The topological polar surface area (TPSA) is 37.8 Å². The molecule has 19 heavy (non-hydrogen) atoms. The lowest BCUT2D eigenvalue weighted by atomic mass is 10.1. The van der Waals surface area contributed by atoms with Crippen LogP contribution in [0.1, 0.15) is 17.1 Å². The highest BCUT2D eigenvalue weighted by Crippen LogP contribution is 2.34. The van der Waals surface area contributed by atoms with Gasteiger partial charge < -0.3 is 5.32 Å². The highest BCUT2D eigenvalue weighted by Gasteiger charge is 2.32. The van der Waals surface area contributed by atoms with E-state index < -0.39 is 11.7 Å². The second kappa shape index (κ2) is 5.26. The van der Waals surface area contributed by atoms with Crippen molar-refractivity contribution in [2.75, 3.05) is 5.32 Å². The average Bonchev–Trinajstić information content (AvgIpc) is 2.36. The van der Waals surface area contributed by atoms with Crippen LogP contribution in [-0.2, 0) is 12.7 Å². The molecule has 1 heterocycles. The molecular weight excluding hydrogens is 255 g/mol. The van der Waals surface area contributed by atoms with E-state index >= 15 is 0 Å². The molecule has 0 saturated carbocycles. The summed E-state index contributed by atoms with van der Waals surface area (Å²) in [6, 6.07) is 7.03. The highest BCUT2D eigenvalue weighted by atomic mass is 19.4. The van der Waals surface area contributed by atoms with E-state index in [1.165, 1.54) is 12.1 Å². The molecule has 0 saturated heterocycles. The van der Waals surface area contributed by atoms with E-state index in [4.69, 9.17) is 0 Å². The lowest BCUT2D eigenvalue weighted by Gasteiger charge is -2.14. The molecule has 1 aromatic carbocycles. The lowest BCUT2D eigenvalue weighted by Crippen LogP contribution is -2.11. The molecule has 100 valence electrons. The summed E-state index contributed by atoms with van der Waals surface area (Å²) in [4.78, 5) is 8.06. The van der Waals surface area contributed by atoms with Crippen LogP contribution in [0.25, 0.3) is 0 Å².